The highest BCUT2D eigenvalue weighted by Gasteiger charge is 2.20. The highest BCUT2D eigenvalue weighted by molar-refractivity contribution is 8.00. The lowest BCUT2D eigenvalue weighted by Crippen LogP contribution is -2.22. The molecule has 0 fully saturated rings. The Kier molecular flexibility index (Phi) is 5.14. The molecule has 0 spiro atoms. The zero-order chi connectivity index (χ0) is 18.0. The highest BCUT2D eigenvalue weighted by atomic mass is 32.2. The Hall–Kier alpha value is -2.26. The number of carbonyl (C=O) groups excluding carboxylic acids is 1. The summed E-state index contributed by atoms with van der Waals surface area (Å²) in [4.78, 5) is 12.3. The molecule has 0 aliphatic rings. The third-order valence-electron chi connectivity index (χ3n) is 3.55. The van der Waals surface area contributed by atoms with Gasteiger partial charge in [-0.3, -0.25) is 10.1 Å². The van der Waals surface area contributed by atoms with Gasteiger partial charge < -0.3 is 4.57 Å². The van der Waals surface area contributed by atoms with Crippen molar-refractivity contribution in [1.82, 2.24) is 25.0 Å². The molecule has 3 rings (SSSR count). The van der Waals surface area contributed by atoms with Gasteiger partial charge >= 0.3 is 0 Å². The number of amides is 1. The minimum Gasteiger partial charge on any atom is -0.305 e. The van der Waals surface area contributed by atoms with Crippen molar-refractivity contribution in [3.8, 4) is 11.4 Å². The van der Waals surface area contributed by atoms with Crippen LogP contribution < -0.4 is 5.32 Å². The van der Waals surface area contributed by atoms with Gasteiger partial charge in [0, 0.05) is 12.6 Å². The molecule has 0 bridgehead atoms. The summed E-state index contributed by atoms with van der Waals surface area (Å²) in [6, 6.07) is 8.11. The number of carbonyl (C=O) groups is 1. The van der Waals surface area contributed by atoms with E-state index in [4.69, 9.17) is 0 Å². The third kappa shape index (κ3) is 4.05. The lowest BCUT2D eigenvalue weighted by molar-refractivity contribution is -0.115. The molecule has 0 aliphatic heterocycles. The van der Waals surface area contributed by atoms with Crippen molar-refractivity contribution >= 4 is 34.1 Å². The van der Waals surface area contributed by atoms with E-state index in [1.165, 1.54) is 28.7 Å². The number of aromatic nitrogens is 5. The van der Waals surface area contributed by atoms with Crippen LogP contribution in [0.2, 0.25) is 0 Å². The molecular weight excluding hydrogens is 356 g/mol. The first-order valence-electron chi connectivity index (χ1n) is 7.68. The number of aryl methyl sites for hydroxylation is 2. The smallest absolute Gasteiger partial charge is 0.239 e. The second-order valence-corrected chi connectivity index (χ2v) is 8.10. The van der Waals surface area contributed by atoms with E-state index in [2.05, 4.69) is 25.7 Å². The molecule has 0 aliphatic carbocycles. The summed E-state index contributed by atoms with van der Waals surface area (Å²) in [5.74, 6) is 0.635. The Labute approximate surface area is 153 Å². The zero-order valence-electron chi connectivity index (χ0n) is 14.3. The Morgan fingerprint density at radius 2 is 1.88 bits per heavy atom. The lowest BCUT2D eigenvalue weighted by atomic mass is 10.1. The fraction of sp³-hybridized carbons (Fsp3) is 0.312. The van der Waals surface area contributed by atoms with Crippen molar-refractivity contribution in [1.29, 1.82) is 0 Å². The molecule has 1 amide bonds. The number of nitrogens with zero attached hydrogens (tertiary/aromatic N) is 5. The van der Waals surface area contributed by atoms with Crippen LogP contribution in [0.5, 0.6) is 0 Å². The summed E-state index contributed by atoms with van der Waals surface area (Å²) < 4.78 is 1.90. The topological polar surface area (TPSA) is 85.6 Å². The van der Waals surface area contributed by atoms with Crippen LogP contribution in [0.4, 0.5) is 5.13 Å². The van der Waals surface area contributed by atoms with Gasteiger partial charge in [0.1, 0.15) is 5.01 Å². The molecule has 0 saturated heterocycles. The monoisotopic (exact) mass is 374 g/mol. The van der Waals surface area contributed by atoms with E-state index in [9.17, 15) is 4.79 Å². The van der Waals surface area contributed by atoms with Crippen LogP contribution in [0.1, 0.15) is 17.5 Å². The minimum atomic E-state index is -0.335. The SMILES string of the molecule is Cc1ccc(-c2nnc(S[C@H](C)C(=O)Nc3nnc(C)s3)n2C)cc1. The van der Waals surface area contributed by atoms with Gasteiger partial charge in [0.25, 0.3) is 0 Å². The Morgan fingerprint density at radius 1 is 1.16 bits per heavy atom. The zero-order valence-corrected chi connectivity index (χ0v) is 16.0. The number of hydrogen-bond donors (Lipinski definition) is 1. The number of rotatable bonds is 5. The van der Waals surface area contributed by atoms with Gasteiger partial charge in [0.15, 0.2) is 11.0 Å². The first-order chi connectivity index (χ1) is 11.9. The molecule has 9 heteroatoms. The van der Waals surface area contributed by atoms with Crippen LogP contribution in [-0.2, 0) is 11.8 Å². The van der Waals surface area contributed by atoms with Crippen molar-refractivity contribution in [3.05, 3.63) is 34.8 Å². The minimum absolute atomic E-state index is 0.138. The molecule has 0 saturated carbocycles. The quantitative estimate of drug-likeness (QED) is 0.691. The maximum Gasteiger partial charge on any atom is 0.239 e. The van der Waals surface area contributed by atoms with Crippen LogP contribution in [0.3, 0.4) is 0 Å². The average Bonchev–Trinajstić information content (AvgIpc) is 3.15. The number of benzene rings is 1. The van der Waals surface area contributed by atoms with E-state index >= 15 is 0 Å². The van der Waals surface area contributed by atoms with E-state index in [0.29, 0.717) is 10.3 Å². The van der Waals surface area contributed by atoms with Crippen molar-refractivity contribution in [2.75, 3.05) is 5.32 Å². The second kappa shape index (κ2) is 7.32. The van der Waals surface area contributed by atoms with Crippen LogP contribution >= 0.6 is 23.1 Å². The van der Waals surface area contributed by atoms with Gasteiger partial charge in [-0.1, -0.05) is 52.9 Å². The normalized spacial score (nSPS) is 12.2. The molecule has 1 atom stereocenters. The standard InChI is InChI=1S/C16H18N6OS2/c1-9-5-7-12(8-6-9)13-19-21-16(22(13)4)24-10(2)14(23)17-15-20-18-11(3)25-15/h5-8,10H,1-4H3,(H,17,20,23)/t10-/m1/s1. The summed E-state index contributed by atoms with van der Waals surface area (Å²) >= 11 is 2.71. The van der Waals surface area contributed by atoms with E-state index in [1.807, 2.05) is 56.7 Å². The molecular formula is C16H18N6OS2. The van der Waals surface area contributed by atoms with Crippen molar-refractivity contribution in [2.24, 2.45) is 7.05 Å². The first kappa shape index (κ1) is 17.6. The predicted molar refractivity (Wildman–Crippen MR) is 99.8 cm³/mol. The number of nitrogens with one attached hydrogen (secondary N) is 1. The molecule has 25 heavy (non-hydrogen) atoms. The molecule has 2 aromatic heterocycles. The fourth-order valence-corrected chi connectivity index (χ4v) is 3.55. The van der Waals surface area contributed by atoms with Gasteiger partial charge in [0.05, 0.1) is 5.25 Å². The maximum absolute atomic E-state index is 12.3. The van der Waals surface area contributed by atoms with E-state index in [-0.39, 0.29) is 11.2 Å². The molecule has 0 radical (unpaired) electrons. The van der Waals surface area contributed by atoms with Crippen LogP contribution in [-0.4, -0.2) is 36.1 Å². The molecule has 1 N–H and O–H groups in total. The third-order valence-corrected chi connectivity index (χ3v) is 5.44. The van der Waals surface area contributed by atoms with Crippen LogP contribution in [0.15, 0.2) is 29.4 Å². The summed E-state index contributed by atoms with van der Waals surface area (Å²) in [5, 5.41) is 20.7. The second-order valence-electron chi connectivity index (χ2n) is 5.61. The van der Waals surface area contributed by atoms with Gasteiger partial charge in [-0.2, -0.15) is 0 Å². The summed E-state index contributed by atoms with van der Waals surface area (Å²) in [6.45, 7) is 5.72. The van der Waals surface area contributed by atoms with Gasteiger partial charge in [-0.15, -0.1) is 20.4 Å². The van der Waals surface area contributed by atoms with E-state index in [0.717, 1.165) is 16.4 Å². The van der Waals surface area contributed by atoms with Gasteiger partial charge in [0.2, 0.25) is 11.0 Å². The van der Waals surface area contributed by atoms with Crippen molar-refractivity contribution in [3.63, 3.8) is 0 Å². The Morgan fingerprint density at radius 3 is 2.52 bits per heavy atom. The van der Waals surface area contributed by atoms with Crippen LogP contribution in [0, 0.1) is 13.8 Å². The predicted octanol–water partition coefficient (Wildman–Crippen LogP) is 3.07. The average molecular weight is 374 g/mol. The van der Waals surface area contributed by atoms with E-state index < -0.39 is 0 Å². The van der Waals surface area contributed by atoms with Crippen molar-refractivity contribution < 1.29 is 4.79 Å². The van der Waals surface area contributed by atoms with Gasteiger partial charge in [-0.25, -0.2) is 0 Å². The van der Waals surface area contributed by atoms with E-state index in [1.54, 1.807) is 0 Å². The Balaban J connectivity index is 1.70. The molecule has 3 aromatic rings. The lowest BCUT2D eigenvalue weighted by Gasteiger charge is -2.10. The summed E-state index contributed by atoms with van der Waals surface area (Å²) in [5.41, 5.74) is 2.19. The maximum atomic E-state index is 12.3. The number of anilines is 1. The van der Waals surface area contributed by atoms with Gasteiger partial charge in [-0.05, 0) is 20.8 Å². The molecule has 2 heterocycles. The largest absolute Gasteiger partial charge is 0.305 e. The molecule has 0 unspecified atom stereocenters. The summed E-state index contributed by atoms with van der Waals surface area (Å²) in [6.07, 6.45) is 0. The number of thioether (sulfide) groups is 1. The summed E-state index contributed by atoms with van der Waals surface area (Å²) in [7, 11) is 1.90. The molecule has 130 valence electrons. The molecule has 7 nitrogen and oxygen atoms in total. The number of hydrogen-bond acceptors (Lipinski definition) is 7. The van der Waals surface area contributed by atoms with Crippen LogP contribution in [0.25, 0.3) is 11.4 Å². The highest BCUT2D eigenvalue weighted by Crippen LogP contribution is 2.26. The first-order valence-corrected chi connectivity index (χ1v) is 9.37. The fourth-order valence-electron chi connectivity index (χ4n) is 2.14. The Bertz CT molecular complexity index is 886. The molecule has 1 aromatic carbocycles. The van der Waals surface area contributed by atoms with Crippen molar-refractivity contribution in [2.45, 2.75) is 31.2 Å².